The van der Waals surface area contributed by atoms with Gasteiger partial charge in [0.25, 0.3) is 5.91 Å². The number of fused-ring (bicyclic) bond motifs is 2. The van der Waals surface area contributed by atoms with E-state index in [1.165, 1.54) is 4.90 Å². The Hall–Kier alpha value is -2.91. The minimum atomic E-state index is -4.72. The molecule has 7 nitrogen and oxygen atoms in total. The second-order valence-corrected chi connectivity index (χ2v) is 7.03. The van der Waals surface area contributed by atoms with E-state index in [9.17, 15) is 22.8 Å². The number of alkyl halides is 3. The third-order valence-electron chi connectivity index (χ3n) is 5.52. The third-order valence-corrected chi connectivity index (χ3v) is 5.52. The molecule has 1 aromatic carbocycles. The maximum absolute atomic E-state index is 12.9. The lowest BCUT2D eigenvalue weighted by molar-refractivity contribution is -0.144. The Morgan fingerprint density at radius 2 is 2.11 bits per heavy atom. The molecule has 1 saturated heterocycles. The number of carbonyl (C=O) groups excluding carboxylic acids is 2. The summed E-state index contributed by atoms with van der Waals surface area (Å²) in [5.74, 6) is -2.76. The van der Waals surface area contributed by atoms with Crippen LogP contribution >= 0.6 is 0 Å². The summed E-state index contributed by atoms with van der Waals surface area (Å²) in [5, 5.41) is 8.10. The van der Waals surface area contributed by atoms with Gasteiger partial charge in [0.2, 0.25) is 17.6 Å². The summed E-state index contributed by atoms with van der Waals surface area (Å²) in [4.78, 5) is 30.6. The summed E-state index contributed by atoms with van der Waals surface area (Å²) >= 11 is 0. The molecule has 0 bridgehead atoms. The van der Waals surface area contributed by atoms with E-state index in [-0.39, 0.29) is 12.5 Å². The number of H-pyrrole nitrogens is 1. The molecular weight excluding hydrogens is 375 g/mol. The maximum atomic E-state index is 12.9. The average molecular weight is 393 g/mol. The Morgan fingerprint density at radius 3 is 2.79 bits per heavy atom. The first-order valence-electron chi connectivity index (χ1n) is 9.00. The van der Waals surface area contributed by atoms with Crippen LogP contribution in [0.15, 0.2) is 24.3 Å². The molecule has 2 amide bonds. The van der Waals surface area contributed by atoms with Crippen molar-refractivity contribution in [1.29, 1.82) is 0 Å². The fraction of sp³-hybridized carbons (Fsp3) is 0.444. The normalized spacial score (nSPS) is 23.9. The predicted octanol–water partition coefficient (Wildman–Crippen LogP) is 2.73. The van der Waals surface area contributed by atoms with E-state index in [4.69, 9.17) is 0 Å². The van der Waals surface area contributed by atoms with Crippen molar-refractivity contribution in [3.8, 4) is 0 Å². The molecule has 2 aliphatic rings. The fourth-order valence-corrected chi connectivity index (χ4v) is 4.33. The van der Waals surface area contributed by atoms with Crippen molar-refractivity contribution in [3.05, 3.63) is 41.5 Å². The van der Waals surface area contributed by atoms with E-state index in [0.29, 0.717) is 24.9 Å². The smallest absolute Gasteiger partial charge is 0.331 e. The van der Waals surface area contributed by atoms with Crippen LogP contribution < -0.4 is 5.32 Å². The molecule has 0 radical (unpaired) electrons. The zero-order valence-electron chi connectivity index (χ0n) is 15.0. The van der Waals surface area contributed by atoms with Crippen LogP contribution in [-0.4, -0.2) is 44.5 Å². The molecule has 0 unspecified atom stereocenters. The molecule has 2 atom stereocenters. The Morgan fingerprint density at radius 1 is 1.36 bits per heavy atom. The van der Waals surface area contributed by atoms with Gasteiger partial charge in [0.15, 0.2) is 0 Å². The van der Waals surface area contributed by atoms with Gasteiger partial charge in [0, 0.05) is 12.2 Å². The Labute approximate surface area is 158 Å². The van der Waals surface area contributed by atoms with Crippen molar-refractivity contribution in [3.63, 3.8) is 0 Å². The van der Waals surface area contributed by atoms with E-state index in [1.54, 1.807) is 11.2 Å². The number of benzene rings is 1. The minimum absolute atomic E-state index is 0.187. The van der Waals surface area contributed by atoms with Crippen LogP contribution in [0.4, 0.5) is 18.9 Å². The van der Waals surface area contributed by atoms with Crippen LogP contribution in [0.2, 0.25) is 0 Å². The molecule has 1 aromatic heterocycles. The first-order valence-corrected chi connectivity index (χ1v) is 9.00. The number of aromatic nitrogens is 3. The quantitative estimate of drug-likeness (QED) is 0.839. The molecule has 10 heteroatoms. The number of anilines is 1. The zero-order valence-corrected chi connectivity index (χ0v) is 15.0. The molecule has 2 N–H and O–H groups in total. The number of likely N-dealkylation sites (tertiary alicyclic amines) is 1. The van der Waals surface area contributed by atoms with Crippen molar-refractivity contribution >= 4 is 17.5 Å². The second kappa shape index (κ2) is 6.32. The van der Waals surface area contributed by atoms with Crippen molar-refractivity contribution in [2.45, 2.75) is 43.8 Å². The molecule has 1 fully saturated rings. The van der Waals surface area contributed by atoms with Crippen LogP contribution in [0.5, 0.6) is 0 Å². The predicted molar refractivity (Wildman–Crippen MR) is 92.5 cm³/mol. The highest BCUT2D eigenvalue weighted by molar-refractivity contribution is 6.08. The molecule has 3 heterocycles. The van der Waals surface area contributed by atoms with E-state index < -0.39 is 35.2 Å². The first-order chi connectivity index (χ1) is 13.3. The number of hydrogen-bond donors (Lipinski definition) is 2. The maximum Gasteiger partial charge on any atom is 0.451 e. The highest BCUT2D eigenvalue weighted by atomic mass is 19.4. The number of hydrogen-bond acceptors (Lipinski definition) is 4. The molecule has 0 aliphatic carbocycles. The van der Waals surface area contributed by atoms with E-state index in [0.717, 1.165) is 5.56 Å². The molecule has 2 aromatic rings. The number of nitrogens with one attached hydrogen (secondary N) is 2. The van der Waals surface area contributed by atoms with Crippen LogP contribution in [0.25, 0.3) is 0 Å². The average Bonchev–Trinajstić information content (AvgIpc) is 3.34. The molecule has 2 aliphatic heterocycles. The van der Waals surface area contributed by atoms with Gasteiger partial charge in [-0.1, -0.05) is 31.5 Å². The first kappa shape index (κ1) is 18.5. The van der Waals surface area contributed by atoms with Crippen molar-refractivity contribution in [1.82, 2.24) is 20.1 Å². The fourth-order valence-electron chi connectivity index (χ4n) is 4.33. The lowest BCUT2D eigenvalue weighted by atomic mass is 9.73. The van der Waals surface area contributed by atoms with Gasteiger partial charge >= 0.3 is 6.18 Å². The van der Waals surface area contributed by atoms with Crippen molar-refractivity contribution in [2.24, 2.45) is 0 Å². The summed E-state index contributed by atoms with van der Waals surface area (Å²) in [5.41, 5.74) is 0.616. The largest absolute Gasteiger partial charge is 0.451 e. The Bertz CT molecular complexity index is 941. The van der Waals surface area contributed by atoms with Gasteiger partial charge in [-0.15, -0.1) is 5.10 Å². The van der Waals surface area contributed by atoms with E-state index in [1.807, 2.05) is 25.1 Å². The SMILES string of the molecule is CCC[C@@H]1N(C(=O)c2n[nH]c(C(F)(F)F)n2)CC[C@@]12C(=O)Nc1ccccc12. The number of para-hydroxylation sites is 1. The number of carbonyl (C=O) groups is 2. The van der Waals surface area contributed by atoms with Gasteiger partial charge in [-0.05, 0) is 24.5 Å². The number of rotatable bonds is 3. The van der Waals surface area contributed by atoms with Gasteiger partial charge in [0.05, 0.1) is 11.5 Å². The lowest BCUT2D eigenvalue weighted by Gasteiger charge is -2.33. The standard InChI is InChI=1S/C18H18F3N5O2/c1-2-5-12-17(10-6-3-4-7-11(10)22-16(17)28)8-9-26(12)14(27)13-23-15(25-24-13)18(19,20)21/h3-4,6-7,12H,2,5,8-9H2,1H3,(H,22,28)(H,23,24,25)/t12-,17-/m0/s1. The molecule has 1 spiro atoms. The zero-order chi connectivity index (χ0) is 20.1. The van der Waals surface area contributed by atoms with Crippen LogP contribution in [0, 0.1) is 0 Å². The molecule has 4 rings (SSSR count). The summed E-state index contributed by atoms with van der Waals surface area (Å²) in [6.45, 7) is 2.17. The van der Waals surface area contributed by atoms with Gasteiger partial charge in [-0.25, -0.2) is 0 Å². The Kier molecular flexibility index (Phi) is 4.16. The monoisotopic (exact) mass is 393 g/mol. The van der Waals surface area contributed by atoms with Crippen molar-refractivity contribution in [2.75, 3.05) is 11.9 Å². The molecule has 28 heavy (non-hydrogen) atoms. The van der Waals surface area contributed by atoms with E-state index in [2.05, 4.69) is 15.4 Å². The summed E-state index contributed by atoms with van der Waals surface area (Å²) in [6, 6.07) is 6.83. The number of aromatic amines is 1. The van der Waals surface area contributed by atoms with Crippen LogP contribution in [0.1, 0.15) is 48.2 Å². The number of halogens is 3. The van der Waals surface area contributed by atoms with Gasteiger partial charge in [0.1, 0.15) is 0 Å². The highest BCUT2D eigenvalue weighted by Crippen LogP contribution is 2.49. The lowest BCUT2D eigenvalue weighted by Crippen LogP contribution is -2.49. The van der Waals surface area contributed by atoms with Gasteiger partial charge < -0.3 is 10.2 Å². The van der Waals surface area contributed by atoms with Gasteiger partial charge in [-0.3, -0.25) is 14.7 Å². The van der Waals surface area contributed by atoms with Crippen LogP contribution in [0.3, 0.4) is 0 Å². The van der Waals surface area contributed by atoms with Crippen molar-refractivity contribution < 1.29 is 22.8 Å². The topological polar surface area (TPSA) is 91.0 Å². The number of amides is 2. The second-order valence-electron chi connectivity index (χ2n) is 7.03. The summed E-state index contributed by atoms with van der Waals surface area (Å²) in [6.07, 6.45) is -3.09. The van der Waals surface area contributed by atoms with E-state index >= 15 is 0 Å². The van der Waals surface area contributed by atoms with Gasteiger partial charge in [-0.2, -0.15) is 18.2 Å². The minimum Gasteiger partial charge on any atom is -0.331 e. The molecule has 148 valence electrons. The molecular formula is C18H18F3N5O2. The third kappa shape index (κ3) is 2.58. The molecule has 0 saturated carbocycles. The summed E-state index contributed by atoms with van der Waals surface area (Å²) in [7, 11) is 0. The van der Waals surface area contributed by atoms with Crippen LogP contribution in [-0.2, 0) is 16.4 Å². The highest BCUT2D eigenvalue weighted by Gasteiger charge is 2.58. The Balaban J connectivity index is 1.71. The number of nitrogens with zero attached hydrogens (tertiary/aromatic N) is 3. The summed E-state index contributed by atoms with van der Waals surface area (Å²) < 4.78 is 38.4.